The topological polar surface area (TPSA) is 40.5 Å². The lowest BCUT2D eigenvalue weighted by Crippen LogP contribution is -2.48. The van der Waals surface area contributed by atoms with Crippen molar-refractivity contribution in [1.82, 2.24) is 15.2 Å². The molecule has 2 heterocycles. The van der Waals surface area contributed by atoms with Gasteiger partial charge in [-0.1, -0.05) is 37.3 Å². The molecule has 4 nitrogen and oxygen atoms in total. The van der Waals surface area contributed by atoms with Gasteiger partial charge in [0.1, 0.15) is 0 Å². The third kappa shape index (κ3) is 5.67. The minimum atomic E-state index is 0. The zero-order valence-corrected chi connectivity index (χ0v) is 18.9. The van der Waals surface area contributed by atoms with Gasteiger partial charge in [-0.15, -0.1) is 24.0 Å². The van der Waals surface area contributed by atoms with Crippen LogP contribution in [0.3, 0.4) is 0 Å². The number of pyridine rings is 1. The van der Waals surface area contributed by atoms with E-state index in [2.05, 4.69) is 70.4 Å². The van der Waals surface area contributed by atoms with Gasteiger partial charge < -0.3 is 10.2 Å². The van der Waals surface area contributed by atoms with Gasteiger partial charge in [-0.2, -0.15) is 0 Å². The minimum absolute atomic E-state index is 0. The van der Waals surface area contributed by atoms with Crippen LogP contribution < -0.4 is 5.32 Å². The first-order chi connectivity index (χ1) is 12.7. The fourth-order valence-corrected chi connectivity index (χ4v) is 3.96. The highest BCUT2D eigenvalue weighted by atomic mass is 127. The first-order valence-corrected chi connectivity index (χ1v) is 9.59. The second-order valence-electron chi connectivity index (χ2n) is 7.26. The number of halogens is 1. The number of rotatable bonds is 4. The molecule has 1 saturated heterocycles. The van der Waals surface area contributed by atoms with E-state index in [1.165, 1.54) is 23.1 Å². The number of aryl methyl sites for hydroxylation is 1. The quantitative estimate of drug-likeness (QED) is 0.406. The highest BCUT2D eigenvalue weighted by Crippen LogP contribution is 2.32. The van der Waals surface area contributed by atoms with Crippen molar-refractivity contribution >= 4 is 29.9 Å². The SMILES string of the molecule is CN=C(NCCc1ccncc1C)N1CCC(c2ccccc2)C(C)C1.I. The monoisotopic (exact) mass is 478 g/mol. The van der Waals surface area contributed by atoms with Crippen molar-refractivity contribution in [2.45, 2.75) is 32.6 Å². The van der Waals surface area contributed by atoms with E-state index in [1.807, 2.05) is 19.4 Å². The maximum atomic E-state index is 4.52. The number of guanidine groups is 1. The van der Waals surface area contributed by atoms with Crippen molar-refractivity contribution < 1.29 is 0 Å². The van der Waals surface area contributed by atoms with Crippen LogP contribution in [0.5, 0.6) is 0 Å². The number of hydrogen-bond donors (Lipinski definition) is 1. The average molecular weight is 478 g/mol. The van der Waals surface area contributed by atoms with Gasteiger partial charge in [0.05, 0.1) is 0 Å². The molecule has 3 rings (SSSR count). The summed E-state index contributed by atoms with van der Waals surface area (Å²) >= 11 is 0. The third-order valence-electron chi connectivity index (χ3n) is 5.46. The zero-order chi connectivity index (χ0) is 18.4. The molecule has 0 saturated carbocycles. The lowest BCUT2D eigenvalue weighted by molar-refractivity contribution is 0.234. The summed E-state index contributed by atoms with van der Waals surface area (Å²) in [6.07, 6.45) is 5.96. The second kappa shape index (κ2) is 10.6. The van der Waals surface area contributed by atoms with E-state index in [-0.39, 0.29) is 24.0 Å². The van der Waals surface area contributed by atoms with Crippen molar-refractivity contribution in [2.24, 2.45) is 10.9 Å². The number of likely N-dealkylation sites (tertiary alicyclic amines) is 1. The Kier molecular flexibility index (Phi) is 8.54. The summed E-state index contributed by atoms with van der Waals surface area (Å²) in [6.45, 7) is 7.47. The predicted molar refractivity (Wildman–Crippen MR) is 124 cm³/mol. The molecule has 1 aliphatic rings. The van der Waals surface area contributed by atoms with Gasteiger partial charge in [0.2, 0.25) is 0 Å². The van der Waals surface area contributed by atoms with Crippen molar-refractivity contribution in [3.63, 3.8) is 0 Å². The van der Waals surface area contributed by atoms with Crippen molar-refractivity contribution in [3.8, 4) is 0 Å². The predicted octanol–water partition coefficient (Wildman–Crippen LogP) is 4.25. The van der Waals surface area contributed by atoms with Gasteiger partial charge in [0, 0.05) is 39.1 Å². The van der Waals surface area contributed by atoms with Crippen LogP contribution in [0.15, 0.2) is 53.8 Å². The van der Waals surface area contributed by atoms with Crippen LogP contribution in [0, 0.1) is 12.8 Å². The number of nitrogens with zero attached hydrogens (tertiary/aromatic N) is 3. The Balaban J connectivity index is 0.00000261. The molecule has 5 heteroatoms. The maximum absolute atomic E-state index is 4.52. The Bertz CT molecular complexity index is 732. The minimum Gasteiger partial charge on any atom is -0.356 e. The second-order valence-corrected chi connectivity index (χ2v) is 7.26. The summed E-state index contributed by atoms with van der Waals surface area (Å²) in [6, 6.07) is 13.0. The zero-order valence-electron chi connectivity index (χ0n) is 16.6. The van der Waals surface area contributed by atoms with Gasteiger partial charge in [-0.3, -0.25) is 9.98 Å². The van der Waals surface area contributed by atoms with E-state index in [4.69, 9.17) is 0 Å². The van der Waals surface area contributed by atoms with Crippen LogP contribution in [0.2, 0.25) is 0 Å². The lowest BCUT2D eigenvalue weighted by atomic mass is 9.82. The molecule has 1 aromatic heterocycles. The Hall–Kier alpha value is -1.63. The van der Waals surface area contributed by atoms with E-state index in [0.717, 1.165) is 32.0 Å². The van der Waals surface area contributed by atoms with Gasteiger partial charge >= 0.3 is 0 Å². The van der Waals surface area contributed by atoms with E-state index in [9.17, 15) is 0 Å². The molecule has 0 amide bonds. The fourth-order valence-electron chi connectivity index (χ4n) is 3.96. The number of aromatic nitrogens is 1. The third-order valence-corrected chi connectivity index (χ3v) is 5.46. The molecule has 2 atom stereocenters. The normalized spacial score (nSPS) is 20.1. The summed E-state index contributed by atoms with van der Waals surface area (Å²) in [7, 11) is 1.88. The Morgan fingerprint density at radius 3 is 2.70 bits per heavy atom. The number of hydrogen-bond acceptors (Lipinski definition) is 2. The van der Waals surface area contributed by atoms with Crippen molar-refractivity contribution in [1.29, 1.82) is 0 Å². The molecule has 1 aliphatic heterocycles. The van der Waals surface area contributed by atoms with Crippen LogP contribution in [0.25, 0.3) is 0 Å². The van der Waals surface area contributed by atoms with Crippen LogP contribution in [0.1, 0.15) is 36.0 Å². The summed E-state index contributed by atoms with van der Waals surface area (Å²) in [5.74, 6) is 2.28. The molecule has 1 aromatic carbocycles. The first-order valence-electron chi connectivity index (χ1n) is 9.59. The maximum Gasteiger partial charge on any atom is 0.193 e. The molecule has 0 spiro atoms. The number of aliphatic imine (C=N–C) groups is 1. The number of piperidine rings is 1. The molecule has 0 radical (unpaired) electrons. The molecule has 1 N–H and O–H groups in total. The molecule has 2 aromatic rings. The van der Waals surface area contributed by atoms with E-state index < -0.39 is 0 Å². The molecule has 2 unspecified atom stereocenters. The average Bonchev–Trinajstić information content (AvgIpc) is 2.67. The highest BCUT2D eigenvalue weighted by molar-refractivity contribution is 14.0. The van der Waals surface area contributed by atoms with E-state index in [1.54, 1.807) is 0 Å². The van der Waals surface area contributed by atoms with E-state index >= 15 is 0 Å². The van der Waals surface area contributed by atoms with Crippen LogP contribution in [-0.4, -0.2) is 42.5 Å². The Morgan fingerprint density at radius 1 is 1.26 bits per heavy atom. The van der Waals surface area contributed by atoms with Crippen molar-refractivity contribution in [3.05, 3.63) is 65.5 Å². The standard InChI is InChI=1S/C22H30N4.HI/c1-17-15-24-12-9-19(17)10-13-25-22(23-3)26-14-11-21(18(2)16-26)20-7-5-4-6-8-20;/h4-9,12,15,18,21H,10-11,13-14,16H2,1-3H3,(H,23,25);1H. The summed E-state index contributed by atoms with van der Waals surface area (Å²) in [4.78, 5) is 11.1. The van der Waals surface area contributed by atoms with Gasteiger partial charge in [0.15, 0.2) is 5.96 Å². The van der Waals surface area contributed by atoms with Crippen LogP contribution in [-0.2, 0) is 6.42 Å². The lowest BCUT2D eigenvalue weighted by Gasteiger charge is -2.39. The summed E-state index contributed by atoms with van der Waals surface area (Å²) in [5, 5.41) is 3.55. The van der Waals surface area contributed by atoms with E-state index in [0.29, 0.717) is 11.8 Å². The number of benzene rings is 1. The van der Waals surface area contributed by atoms with Crippen LogP contribution in [0.4, 0.5) is 0 Å². The van der Waals surface area contributed by atoms with Crippen molar-refractivity contribution in [2.75, 3.05) is 26.7 Å². The smallest absolute Gasteiger partial charge is 0.193 e. The van der Waals surface area contributed by atoms with Gasteiger partial charge in [-0.05, 0) is 54.4 Å². The number of nitrogens with one attached hydrogen (secondary N) is 1. The Labute approximate surface area is 180 Å². The molecule has 27 heavy (non-hydrogen) atoms. The summed E-state index contributed by atoms with van der Waals surface area (Å²) < 4.78 is 0. The molecule has 0 aliphatic carbocycles. The molecule has 1 fully saturated rings. The first kappa shape index (κ1) is 21.7. The highest BCUT2D eigenvalue weighted by Gasteiger charge is 2.28. The molecule has 146 valence electrons. The molecular weight excluding hydrogens is 447 g/mol. The van der Waals surface area contributed by atoms with Gasteiger partial charge in [-0.25, -0.2) is 0 Å². The summed E-state index contributed by atoms with van der Waals surface area (Å²) in [5.41, 5.74) is 4.07. The fraction of sp³-hybridized carbons (Fsp3) is 0.455. The molecular formula is C22H31IN4. The Morgan fingerprint density at radius 2 is 2.04 bits per heavy atom. The van der Waals surface area contributed by atoms with Gasteiger partial charge in [0.25, 0.3) is 0 Å². The van der Waals surface area contributed by atoms with Crippen LogP contribution >= 0.6 is 24.0 Å². The molecule has 0 bridgehead atoms. The largest absolute Gasteiger partial charge is 0.356 e.